The highest BCUT2D eigenvalue weighted by Crippen LogP contribution is 2.30. The molecule has 5 nitrogen and oxygen atoms in total. The van der Waals surface area contributed by atoms with Crippen molar-refractivity contribution in [1.82, 2.24) is 5.32 Å². The molecule has 0 saturated carbocycles. The Kier molecular flexibility index (Phi) is 4.76. The molecular formula is C15H21NO4. The highest BCUT2D eigenvalue weighted by molar-refractivity contribution is 5.77. The van der Waals surface area contributed by atoms with E-state index in [1.54, 1.807) is 27.7 Å². The van der Waals surface area contributed by atoms with Gasteiger partial charge in [0.1, 0.15) is 6.61 Å². The van der Waals surface area contributed by atoms with Crippen molar-refractivity contribution in [3.8, 4) is 0 Å². The predicted molar refractivity (Wildman–Crippen MR) is 75.3 cm³/mol. The first kappa shape index (κ1) is 16.0. The van der Waals surface area contributed by atoms with E-state index in [2.05, 4.69) is 5.32 Å². The summed E-state index contributed by atoms with van der Waals surface area (Å²) in [4.78, 5) is 23.0. The van der Waals surface area contributed by atoms with Gasteiger partial charge in [-0.2, -0.15) is 0 Å². The highest BCUT2D eigenvalue weighted by atomic mass is 16.5. The molecule has 0 aromatic heterocycles. The number of aliphatic carboxylic acids is 1. The fourth-order valence-electron chi connectivity index (χ4n) is 1.44. The molecule has 0 fully saturated rings. The van der Waals surface area contributed by atoms with Gasteiger partial charge in [0.2, 0.25) is 0 Å². The summed E-state index contributed by atoms with van der Waals surface area (Å²) in [6.07, 6.45) is -0.631. The van der Waals surface area contributed by atoms with Gasteiger partial charge in [0.15, 0.2) is 0 Å². The molecule has 0 aliphatic rings. The lowest BCUT2D eigenvalue weighted by molar-refractivity contribution is -0.150. The number of alkyl carbamates (subject to hydrolysis) is 1. The molecule has 5 heteroatoms. The van der Waals surface area contributed by atoms with Crippen molar-refractivity contribution >= 4 is 12.1 Å². The molecule has 1 rings (SSSR count). The second-order valence-electron chi connectivity index (χ2n) is 5.74. The third kappa shape index (κ3) is 3.73. The normalized spacial score (nSPS) is 11.8. The monoisotopic (exact) mass is 279 g/mol. The van der Waals surface area contributed by atoms with E-state index in [0.717, 1.165) is 5.56 Å². The maximum Gasteiger partial charge on any atom is 0.407 e. The molecular weight excluding hydrogens is 258 g/mol. The molecule has 1 amide bonds. The first-order valence-electron chi connectivity index (χ1n) is 6.39. The Morgan fingerprint density at radius 1 is 1.15 bits per heavy atom. The van der Waals surface area contributed by atoms with Crippen LogP contribution < -0.4 is 5.32 Å². The number of nitrogens with one attached hydrogen (secondary N) is 1. The van der Waals surface area contributed by atoms with E-state index in [0.29, 0.717) is 0 Å². The number of benzene rings is 1. The molecule has 0 saturated heterocycles. The highest BCUT2D eigenvalue weighted by Gasteiger charge is 2.44. The molecule has 110 valence electrons. The van der Waals surface area contributed by atoms with E-state index in [1.165, 1.54) is 0 Å². The molecule has 0 unspecified atom stereocenters. The number of hydrogen-bond acceptors (Lipinski definition) is 3. The van der Waals surface area contributed by atoms with Crippen LogP contribution >= 0.6 is 0 Å². The largest absolute Gasteiger partial charge is 0.481 e. The van der Waals surface area contributed by atoms with Crippen LogP contribution in [0.15, 0.2) is 30.3 Å². The second-order valence-corrected chi connectivity index (χ2v) is 5.74. The number of carboxylic acids is 1. The number of carbonyl (C=O) groups excluding carboxylic acids is 1. The van der Waals surface area contributed by atoms with Crippen molar-refractivity contribution in [3.05, 3.63) is 35.9 Å². The van der Waals surface area contributed by atoms with Gasteiger partial charge in [-0.25, -0.2) is 4.79 Å². The van der Waals surface area contributed by atoms with Crippen molar-refractivity contribution in [1.29, 1.82) is 0 Å². The molecule has 0 spiro atoms. The topological polar surface area (TPSA) is 75.6 Å². The number of amides is 1. The van der Waals surface area contributed by atoms with E-state index in [1.807, 2.05) is 30.3 Å². The molecule has 0 radical (unpaired) electrons. The summed E-state index contributed by atoms with van der Waals surface area (Å²) < 4.78 is 5.10. The van der Waals surface area contributed by atoms with E-state index in [4.69, 9.17) is 4.74 Å². The average molecular weight is 279 g/mol. The van der Waals surface area contributed by atoms with Crippen molar-refractivity contribution < 1.29 is 19.4 Å². The molecule has 1 aromatic rings. The van der Waals surface area contributed by atoms with Gasteiger partial charge in [0.05, 0.1) is 11.0 Å². The summed E-state index contributed by atoms with van der Waals surface area (Å²) in [6.45, 7) is 6.59. The van der Waals surface area contributed by atoms with Crippen LogP contribution in [0.4, 0.5) is 4.79 Å². The van der Waals surface area contributed by atoms with Gasteiger partial charge in [0, 0.05) is 0 Å². The minimum absolute atomic E-state index is 0.149. The maximum atomic E-state index is 11.8. The Balaban J connectivity index is 2.60. The Bertz CT molecular complexity index is 480. The summed E-state index contributed by atoms with van der Waals surface area (Å²) in [5, 5.41) is 11.8. The van der Waals surface area contributed by atoms with Crippen LogP contribution in [0, 0.1) is 5.41 Å². The van der Waals surface area contributed by atoms with Crippen LogP contribution in [-0.2, 0) is 16.1 Å². The molecule has 0 bridgehead atoms. The van der Waals surface area contributed by atoms with E-state index >= 15 is 0 Å². The lowest BCUT2D eigenvalue weighted by atomic mass is 9.74. The van der Waals surface area contributed by atoms with Gasteiger partial charge in [-0.15, -0.1) is 0 Å². The third-order valence-electron chi connectivity index (χ3n) is 3.72. The molecule has 0 aliphatic heterocycles. The quantitative estimate of drug-likeness (QED) is 0.869. The van der Waals surface area contributed by atoms with Crippen LogP contribution in [0.25, 0.3) is 0 Å². The first-order chi connectivity index (χ1) is 9.17. The summed E-state index contributed by atoms with van der Waals surface area (Å²) in [6, 6.07) is 9.28. The zero-order valence-corrected chi connectivity index (χ0v) is 12.3. The number of carboxylic acid groups (broad SMARTS) is 1. The fourth-order valence-corrected chi connectivity index (χ4v) is 1.44. The first-order valence-corrected chi connectivity index (χ1v) is 6.39. The van der Waals surface area contributed by atoms with Gasteiger partial charge in [-0.3, -0.25) is 4.79 Å². The number of carbonyl (C=O) groups is 2. The average Bonchev–Trinajstić information content (AvgIpc) is 2.36. The zero-order valence-electron chi connectivity index (χ0n) is 12.3. The van der Waals surface area contributed by atoms with Crippen molar-refractivity contribution in [2.75, 3.05) is 0 Å². The molecule has 1 aromatic carbocycles. The lowest BCUT2D eigenvalue weighted by Gasteiger charge is -2.38. The van der Waals surface area contributed by atoms with E-state index in [9.17, 15) is 14.7 Å². The summed E-state index contributed by atoms with van der Waals surface area (Å²) in [7, 11) is 0. The fraction of sp³-hybridized carbons (Fsp3) is 0.467. The minimum atomic E-state index is -1.11. The Labute approximate surface area is 118 Å². The smallest absolute Gasteiger partial charge is 0.407 e. The molecule has 0 atom stereocenters. The number of rotatable bonds is 5. The van der Waals surface area contributed by atoms with Crippen LogP contribution in [0.1, 0.15) is 33.3 Å². The molecule has 0 aliphatic carbocycles. The van der Waals surface area contributed by atoms with Gasteiger partial charge in [-0.05, 0) is 33.3 Å². The summed E-state index contributed by atoms with van der Waals surface area (Å²) >= 11 is 0. The number of hydrogen-bond donors (Lipinski definition) is 2. The zero-order chi connectivity index (χ0) is 15.4. The Morgan fingerprint density at radius 3 is 2.20 bits per heavy atom. The van der Waals surface area contributed by atoms with E-state index < -0.39 is 23.0 Å². The van der Waals surface area contributed by atoms with E-state index in [-0.39, 0.29) is 6.61 Å². The summed E-state index contributed by atoms with van der Waals surface area (Å²) in [5.41, 5.74) is -1.18. The molecule has 20 heavy (non-hydrogen) atoms. The predicted octanol–water partition coefficient (Wildman–Crippen LogP) is 2.80. The lowest BCUT2D eigenvalue weighted by Crippen LogP contribution is -2.57. The second kappa shape index (κ2) is 5.94. The van der Waals surface area contributed by atoms with Gasteiger partial charge < -0.3 is 15.2 Å². The van der Waals surface area contributed by atoms with Crippen LogP contribution in [-0.4, -0.2) is 22.7 Å². The van der Waals surface area contributed by atoms with Crippen molar-refractivity contribution in [2.24, 2.45) is 5.41 Å². The number of ether oxygens (including phenoxy) is 1. The van der Waals surface area contributed by atoms with Gasteiger partial charge in [-0.1, -0.05) is 30.3 Å². The molecule has 2 N–H and O–H groups in total. The van der Waals surface area contributed by atoms with Crippen molar-refractivity contribution in [3.63, 3.8) is 0 Å². The van der Waals surface area contributed by atoms with Gasteiger partial charge >= 0.3 is 12.1 Å². The standard InChI is InChI=1S/C15H21NO4/c1-14(2,12(17)18)15(3,4)16-13(19)20-10-11-8-6-5-7-9-11/h5-9H,10H2,1-4H3,(H,16,19)(H,17,18). The van der Waals surface area contributed by atoms with Crippen LogP contribution in [0.5, 0.6) is 0 Å². The van der Waals surface area contributed by atoms with Crippen molar-refractivity contribution in [2.45, 2.75) is 39.8 Å². The Morgan fingerprint density at radius 2 is 1.70 bits per heavy atom. The summed E-state index contributed by atoms with van der Waals surface area (Å²) in [5.74, 6) is -0.981. The Hall–Kier alpha value is -2.04. The minimum Gasteiger partial charge on any atom is -0.481 e. The van der Waals surface area contributed by atoms with Gasteiger partial charge in [0.25, 0.3) is 0 Å². The third-order valence-corrected chi connectivity index (χ3v) is 3.72. The molecule has 0 heterocycles. The SMILES string of the molecule is CC(C)(NC(=O)OCc1ccccc1)C(C)(C)C(=O)O. The van der Waals surface area contributed by atoms with Crippen LogP contribution in [0.3, 0.4) is 0 Å². The van der Waals surface area contributed by atoms with Crippen LogP contribution in [0.2, 0.25) is 0 Å². The maximum absolute atomic E-state index is 11.8.